The molecule has 1 aromatic heterocycles. The SMILES string of the molecule is COC(=O)c1ccc(Nc2nc3ccc(C(=O)N(CCC(C)C)CCC(C)C)cc3n2CCCN(C)CCc2ccccc2)cc1. The number of aromatic nitrogens is 2. The fourth-order valence-corrected chi connectivity index (χ4v) is 5.41. The molecule has 4 aromatic rings. The second-order valence-electron chi connectivity index (χ2n) is 13.0. The van der Waals surface area contributed by atoms with Crippen LogP contribution in [0.5, 0.6) is 0 Å². The minimum atomic E-state index is -0.372. The van der Waals surface area contributed by atoms with Crippen molar-refractivity contribution in [3.05, 3.63) is 89.5 Å². The highest BCUT2D eigenvalue weighted by Crippen LogP contribution is 2.26. The maximum atomic E-state index is 13.9. The Morgan fingerprint density at radius 2 is 1.50 bits per heavy atom. The predicted octanol–water partition coefficient (Wildman–Crippen LogP) is 7.67. The molecule has 0 radical (unpaired) electrons. The lowest BCUT2D eigenvalue weighted by molar-refractivity contribution is 0.0600. The molecule has 0 aliphatic carbocycles. The molecule has 0 aliphatic heterocycles. The molecule has 8 nitrogen and oxygen atoms in total. The maximum absolute atomic E-state index is 13.9. The number of anilines is 2. The number of hydrogen-bond acceptors (Lipinski definition) is 6. The normalized spacial score (nSPS) is 11.5. The summed E-state index contributed by atoms with van der Waals surface area (Å²) >= 11 is 0. The molecular weight excluding hydrogens is 574 g/mol. The third-order valence-electron chi connectivity index (χ3n) is 8.34. The lowest BCUT2D eigenvalue weighted by Crippen LogP contribution is -2.34. The van der Waals surface area contributed by atoms with Crippen molar-refractivity contribution in [3.63, 3.8) is 0 Å². The lowest BCUT2D eigenvalue weighted by atomic mass is 10.1. The largest absolute Gasteiger partial charge is 0.465 e. The van der Waals surface area contributed by atoms with Crippen LogP contribution in [-0.4, -0.2) is 71.6 Å². The molecule has 0 bridgehead atoms. The van der Waals surface area contributed by atoms with Crippen LogP contribution >= 0.6 is 0 Å². The molecule has 0 aliphatic rings. The Labute approximate surface area is 274 Å². The molecule has 1 heterocycles. The third-order valence-corrected chi connectivity index (χ3v) is 8.34. The number of aryl methyl sites for hydroxylation is 1. The summed E-state index contributed by atoms with van der Waals surface area (Å²) in [6, 6.07) is 23.6. The van der Waals surface area contributed by atoms with E-state index in [0.29, 0.717) is 28.9 Å². The Hall–Kier alpha value is -4.17. The van der Waals surface area contributed by atoms with Crippen LogP contribution in [0, 0.1) is 11.8 Å². The minimum Gasteiger partial charge on any atom is -0.465 e. The molecule has 0 fully saturated rings. The number of carbonyl (C=O) groups is 2. The topological polar surface area (TPSA) is 79.7 Å². The highest BCUT2D eigenvalue weighted by atomic mass is 16.5. The summed E-state index contributed by atoms with van der Waals surface area (Å²) in [5.41, 5.74) is 5.09. The maximum Gasteiger partial charge on any atom is 0.337 e. The van der Waals surface area contributed by atoms with E-state index in [4.69, 9.17) is 9.72 Å². The van der Waals surface area contributed by atoms with Crippen molar-refractivity contribution in [1.82, 2.24) is 19.4 Å². The van der Waals surface area contributed by atoms with Gasteiger partial charge >= 0.3 is 5.97 Å². The zero-order chi connectivity index (χ0) is 33.1. The van der Waals surface area contributed by atoms with Crippen molar-refractivity contribution >= 4 is 34.5 Å². The lowest BCUT2D eigenvalue weighted by Gasteiger charge is -2.25. The molecule has 0 spiro atoms. The summed E-state index contributed by atoms with van der Waals surface area (Å²) in [6.45, 7) is 13.0. The summed E-state index contributed by atoms with van der Waals surface area (Å²) in [5.74, 6) is 1.46. The zero-order valence-corrected chi connectivity index (χ0v) is 28.5. The van der Waals surface area contributed by atoms with E-state index in [2.05, 4.69) is 79.9 Å². The summed E-state index contributed by atoms with van der Waals surface area (Å²) < 4.78 is 7.03. The Kier molecular flexibility index (Phi) is 12.8. The number of ether oxygens (including phenoxy) is 1. The van der Waals surface area contributed by atoms with Gasteiger partial charge in [0.15, 0.2) is 0 Å². The number of carbonyl (C=O) groups excluding carboxylic acids is 2. The van der Waals surface area contributed by atoms with Gasteiger partial charge in [-0.3, -0.25) is 4.79 Å². The first kappa shape index (κ1) is 34.7. The van der Waals surface area contributed by atoms with Crippen molar-refractivity contribution in [3.8, 4) is 0 Å². The molecule has 1 amide bonds. The van der Waals surface area contributed by atoms with Gasteiger partial charge in [0.05, 0.1) is 23.7 Å². The predicted molar refractivity (Wildman–Crippen MR) is 188 cm³/mol. The highest BCUT2D eigenvalue weighted by Gasteiger charge is 2.20. The smallest absolute Gasteiger partial charge is 0.337 e. The molecule has 0 saturated heterocycles. The standard InChI is InChI=1S/C38H51N5O3/c1-28(2)19-25-42(26-20-29(3)4)36(44)32-15-18-34-35(27-32)43(23-10-22-41(5)24-21-30-11-8-7-9-12-30)38(40-34)39-33-16-13-31(14-17-33)37(45)46-6/h7-9,11-18,27-29H,10,19-26H2,1-6H3,(H,39,40). The number of esters is 1. The first-order valence-electron chi connectivity index (χ1n) is 16.6. The molecule has 1 N–H and O–H groups in total. The van der Waals surface area contributed by atoms with Crippen molar-refractivity contribution in [1.29, 1.82) is 0 Å². The second kappa shape index (κ2) is 16.9. The number of imidazole rings is 1. The van der Waals surface area contributed by atoms with Crippen molar-refractivity contribution < 1.29 is 14.3 Å². The van der Waals surface area contributed by atoms with Gasteiger partial charge in [-0.2, -0.15) is 0 Å². The Morgan fingerprint density at radius 1 is 0.848 bits per heavy atom. The van der Waals surface area contributed by atoms with Crippen molar-refractivity contribution in [2.75, 3.05) is 45.7 Å². The van der Waals surface area contributed by atoms with Crippen molar-refractivity contribution in [2.24, 2.45) is 11.8 Å². The summed E-state index contributed by atoms with van der Waals surface area (Å²) in [4.78, 5) is 35.1. The van der Waals surface area contributed by atoms with Crippen LogP contribution in [0.3, 0.4) is 0 Å². The first-order valence-corrected chi connectivity index (χ1v) is 16.6. The van der Waals surface area contributed by atoms with Crippen LogP contribution in [0.15, 0.2) is 72.8 Å². The van der Waals surface area contributed by atoms with Gasteiger partial charge in [0.25, 0.3) is 5.91 Å². The van der Waals surface area contributed by atoms with Crippen LogP contribution in [-0.2, 0) is 17.7 Å². The van der Waals surface area contributed by atoms with Gasteiger partial charge in [0, 0.05) is 37.4 Å². The minimum absolute atomic E-state index is 0.0736. The van der Waals surface area contributed by atoms with E-state index in [1.165, 1.54) is 12.7 Å². The van der Waals surface area contributed by atoms with Crippen LogP contribution in [0.1, 0.15) is 73.2 Å². The molecule has 246 valence electrons. The fourth-order valence-electron chi connectivity index (χ4n) is 5.41. The van der Waals surface area contributed by atoms with E-state index in [1.807, 2.05) is 35.2 Å². The third kappa shape index (κ3) is 9.91. The molecule has 4 rings (SSSR count). The van der Waals surface area contributed by atoms with E-state index in [0.717, 1.165) is 75.1 Å². The molecule has 0 saturated carbocycles. The summed E-state index contributed by atoms with van der Waals surface area (Å²) in [5, 5.41) is 3.46. The highest BCUT2D eigenvalue weighted by molar-refractivity contribution is 5.98. The monoisotopic (exact) mass is 625 g/mol. The number of likely N-dealkylation sites (N-methyl/N-ethyl adjacent to an activating group) is 1. The molecule has 3 aromatic carbocycles. The Bertz CT molecular complexity index is 1530. The number of benzene rings is 3. The number of nitrogens with one attached hydrogen (secondary N) is 1. The van der Waals surface area contributed by atoms with Gasteiger partial charge < -0.3 is 24.4 Å². The molecule has 8 heteroatoms. The number of nitrogens with zero attached hydrogens (tertiary/aromatic N) is 4. The van der Waals surface area contributed by atoms with E-state index in [-0.39, 0.29) is 11.9 Å². The van der Waals surface area contributed by atoms with Crippen LogP contribution in [0.4, 0.5) is 11.6 Å². The van der Waals surface area contributed by atoms with Gasteiger partial charge in [-0.15, -0.1) is 0 Å². The molecule has 0 unspecified atom stereocenters. The van der Waals surface area contributed by atoms with Gasteiger partial charge in [0.2, 0.25) is 5.95 Å². The van der Waals surface area contributed by atoms with E-state index in [1.54, 1.807) is 12.1 Å². The molecule has 0 atom stereocenters. The first-order chi connectivity index (χ1) is 22.1. The quantitative estimate of drug-likeness (QED) is 0.121. The van der Waals surface area contributed by atoms with E-state index in [9.17, 15) is 9.59 Å². The Morgan fingerprint density at radius 3 is 2.13 bits per heavy atom. The van der Waals surface area contributed by atoms with Crippen LogP contribution in [0.2, 0.25) is 0 Å². The molecular formula is C38H51N5O3. The fraction of sp³-hybridized carbons (Fsp3) is 0.447. The van der Waals surface area contributed by atoms with Gasteiger partial charge in [-0.1, -0.05) is 58.0 Å². The van der Waals surface area contributed by atoms with Crippen molar-refractivity contribution in [2.45, 2.75) is 59.9 Å². The van der Waals surface area contributed by atoms with Crippen LogP contribution in [0.25, 0.3) is 11.0 Å². The van der Waals surface area contributed by atoms with Gasteiger partial charge in [-0.05, 0) is 99.1 Å². The summed E-state index contributed by atoms with van der Waals surface area (Å²) in [7, 11) is 3.54. The second-order valence-corrected chi connectivity index (χ2v) is 13.0. The molecule has 46 heavy (non-hydrogen) atoms. The number of amides is 1. The van der Waals surface area contributed by atoms with Gasteiger partial charge in [-0.25, -0.2) is 9.78 Å². The average Bonchev–Trinajstić information content (AvgIpc) is 3.39. The van der Waals surface area contributed by atoms with Crippen LogP contribution < -0.4 is 5.32 Å². The Balaban J connectivity index is 1.57. The number of hydrogen-bond donors (Lipinski definition) is 1. The average molecular weight is 626 g/mol. The van der Waals surface area contributed by atoms with E-state index >= 15 is 0 Å². The number of fused-ring (bicyclic) bond motifs is 1. The number of rotatable bonds is 17. The van der Waals surface area contributed by atoms with E-state index < -0.39 is 0 Å². The van der Waals surface area contributed by atoms with Gasteiger partial charge in [0.1, 0.15) is 0 Å². The summed E-state index contributed by atoms with van der Waals surface area (Å²) in [6.07, 6.45) is 3.88. The number of methoxy groups -OCH3 is 1. The zero-order valence-electron chi connectivity index (χ0n) is 28.5.